The summed E-state index contributed by atoms with van der Waals surface area (Å²) in [5.74, 6) is 0. The molecule has 2 amide bonds. The predicted molar refractivity (Wildman–Crippen MR) is 93.0 cm³/mol. The number of benzene rings is 1. The summed E-state index contributed by atoms with van der Waals surface area (Å²) < 4.78 is 0. The van der Waals surface area contributed by atoms with Crippen molar-refractivity contribution in [1.82, 2.24) is 9.88 Å². The van der Waals surface area contributed by atoms with Crippen LogP contribution >= 0.6 is 0 Å². The monoisotopic (exact) mass is 310 g/mol. The second kappa shape index (κ2) is 6.69. The Labute approximate surface area is 136 Å². The zero-order valence-corrected chi connectivity index (χ0v) is 13.6. The third-order valence-corrected chi connectivity index (χ3v) is 4.40. The fourth-order valence-corrected chi connectivity index (χ4v) is 2.87. The van der Waals surface area contributed by atoms with Crippen molar-refractivity contribution in [2.24, 2.45) is 0 Å². The molecule has 1 aliphatic rings. The lowest BCUT2D eigenvalue weighted by Gasteiger charge is -2.37. The SMILES string of the molecule is Cc1cccc(N2CCN(C(=O)Nc3cccnc3)CC2)c1C. The minimum Gasteiger partial charge on any atom is -0.368 e. The molecule has 0 radical (unpaired) electrons. The van der Waals surface area contributed by atoms with E-state index in [1.165, 1.54) is 16.8 Å². The van der Waals surface area contributed by atoms with Gasteiger partial charge in [-0.2, -0.15) is 0 Å². The summed E-state index contributed by atoms with van der Waals surface area (Å²) in [5.41, 5.74) is 4.63. The van der Waals surface area contributed by atoms with Crippen molar-refractivity contribution in [3.8, 4) is 0 Å². The summed E-state index contributed by atoms with van der Waals surface area (Å²) in [4.78, 5) is 20.5. The van der Waals surface area contributed by atoms with E-state index in [2.05, 4.69) is 47.2 Å². The third kappa shape index (κ3) is 3.44. The van der Waals surface area contributed by atoms with Crippen LogP contribution in [0, 0.1) is 13.8 Å². The molecule has 1 aliphatic heterocycles. The van der Waals surface area contributed by atoms with E-state index in [-0.39, 0.29) is 6.03 Å². The molecule has 120 valence electrons. The smallest absolute Gasteiger partial charge is 0.322 e. The number of aryl methyl sites for hydroxylation is 1. The number of anilines is 2. The minimum atomic E-state index is -0.0568. The molecule has 5 nitrogen and oxygen atoms in total. The van der Waals surface area contributed by atoms with E-state index < -0.39 is 0 Å². The number of nitrogens with zero attached hydrogens (tertiary/aromatic N) is 3. The Morgan fingerprint density at radius 1 is 1.09 bits per heavy atom. The molecule has 2 aromatic rings. The van der Waals surface area contributed by atoms with Crippen molar-refractivity contribution < 1.29 is 4.79 Å². The molecular formula is C18H22N4O. The number of hydrogen-bond acceptors (Lipinski definition) is 3. The van der Waals surface area contributed by atoms with Gasteiger partial charge in [-0.1, -0.05) is 12.1 Å². The molecule has 1 aromatic carbocycles. The number of carbonyl (C=O) groups is 1. The Morgan fingerprint density at radius 3 is 2.57 bits per heavy atom. The van der Waals surface area contributed by atoms with Gasteiger partial charge in [-0.25, -0.2) is 4.79 Å². The first-order valence-corrected chi connectivity index (χ1v) is 7.92. The van der Waals surface area contributed by atoms with Gasteiger partial charge in [0.2, 0.25) is 0 Å². The first kappa shape index (κ1) is 15.3. The molecule has 0 spiro atoms. The van der Waals surface area contributed by atoms with Gasteiger partial charge in [-0.05, 0) is 43.2 Å². The van der Waals surface area contributed by atoms with Gasteiger partial charge >= 0.3 is 6.03 Å². The first-order valence-electron chi connectivity index (χ1n) is 7.92. The second-order valence-corrected chi connectivity index (χ2v) is 5.86. The van der Waals surface area contributed by atoms with Gasteiger partial charge in [0.1, 0.15) is 0 Å². The zero-order valence-electron chi connectivity index (χ0n) is 13.6. The molecule has 23 heavy (non-hydrogen) atoms. The average molecular weight is 310 g/mol. The quantitative estimate of drug-likeness (QED) is 0.927. The molecule has 0 saturated carbocycles. The lowest BCUT2D eigenvalue weighted by atomic mass is 10.1. The maximum atomic E-state index is 12.3. The van der Waals surface area contributed by atoms with Crippen molar-refractivity contribution in [2.45, 2.75) is 13.8 Å². The lowest BCUT2D eigenvalue weighted by Crippen LogP contribution is -2.50. The number of carbonyl (C=O) groups excluding carboxylic acids is 1. The van der Waals surface area contributed by atoms with Crippen molar-refractivity contribution in [3.63, 3.8) is 0 Å². The highest BCUT2D eigenvalue weighted by atomic mass is 16.2. The standard InChI is InChI=1S/C18H22N4O/c1-14-5-3-7-17(15(14)2)21-9-11-22(12-10-21)18(23)20-16-6-4-8-19-13-16/h3-8,13H,9-12H2,1-2H3,(H,20,23). The van der Waals surface area contributed by atoms with Crippen LogP contribution in [0.15, 0.2) is 42.7 Å². The molecule has 1 N–H and O–H groups in total. The highest BCUT2D eigenvalue weighted by Crippen LogP contribution is 2.24. The fraction of sp³-hybridized carbons (Fsp3) is 0.333. The topological polar surface area (TPSA) is 48.5 Å². The molecule has 0 bridgehead atoms. The van der Waals surface area contributed by atoms with E-state index in [9.17, 15) is 4.79 Å². The van der Waals surface area contributed by atoms with Gasteiger partial charge in [0.25, 0.3) is 0 Å². The van der Waals surface area contributed by atoms with E-state index in [4.69, 9.17) is 0 Å². The molecule has 2 heterocycles. The van der Waals surface area contributed by atoms with Crippen molar-refractivity contribution in [2.75, 3.05) is 36.4 Å². The summed E-state index contributed by atoms with van der Waals surface area (Å²) in [5, 5.41) is 2.89. The Hall–Kier alpha value is -2.56. The van der Waals surface area contributed by atoms with Crippen molar-refractivity contribution in [1.29, 1.82) is 0 Å². The van der Waals surface area contributed by atoms with Gasteiger partial charge in [0.05, 0.1) is 11.9 Å². The fourth-order valence-electron chi connectivity index (χ4n) is 2.87. The van der Waals surface area contributed by atoms with Crippen LogP contribution in [0.2, 0.25) is 0 Å². The normalized spacial score (nSPS) is 14.7. The van der Waals surface area contributed by atoms with Crippen LogP contribution < -0.4 is 10.2 Å². The third-order valence-electron chi connectivity index (χ3n) is 4.40. The largest absolute Gasteiger partial charge is 0.368 e. The molecule has 0 atom stereocenters. The summed E-state index contributed by atoms with van der Waals surface area (Å²) in [6, 6.07) is 9.99. The van der Waals surface area contributed by atoms with E-state index in [0.29, 0.717) is 0 Å². The van der Waals surface area contributed by atoms with Crippen molar-refractivity contribution in [3.05, 3.63) is 53.9 Å². The average Bonchev–Trinajstić information content (AvgIpc) is 2.58. The lowest BCUT2D eigenvalue weighted by molar-refractivity contribution is 0.208. The molecule has 0 unspecified atom stereocenters. The van der Waals surface area contributed by atoms with Crippen molar-refractivity contribution >= 4 is 17.4 Å². The number of amides is 2. The summed E-state index contributed by atoms with van der Waals surface area (Å²) in [7, 11) is 0. The highest BCUT2D eigenvalue weighted by molar-refractivity contribution is 5.89. The van der Waals surface area contributed by atoms with Crippen LogP contribution in [-0.4, -0.2) is 42.1 Å². The summed E-state index contributed by atoms with van der Waals surface area (Å²) in [6.07, 6.45) is 3.35. The van der Waals surface area contributed by atoms with E-state index in [1.807, 2.05) is 17.0 Å². The molecule has 1 fully saturated rings. The van der Waals surface area contributed by atoms with Gasteiger partial charge in [-0.3, -0.25) is 4.98 Å². The Bertz CT molecular complexity index is 679. The zero-order chi connectivity index (χ0) is 16.2. The molecule has 1 saturated heterocycles. The molecule has 0 aliphatic carbocycles. The van der Waals surface area contributed by atoms with Gasteiger partial charge < -0.3 is 15.1 Å². The van der Waals surface area contributed by atoms with Crippen LogP contribution in [0.3, 0.4) is 0 Å². The number of nitrogens with one attached hydrogen (secondary N) is 1. The van der Waals surface area contributed by atoms with Gasteiger partial charge in [-0.15, -0.1) is 0 Å². The van der Waals surface area contributed by atoms with Gasteiger partial charge in [0, 0.05) is 38.1 Å². The van der Waals surface area contributed by atoms with Crippen LogP contribution in [-0.2, 0) is 0 Å². The predicted octanol–water partition coefficient (Wildman–Crippen LogP) is 3.05. The number of pyridine rings is 1. The maximum absolute atomic E-state index is 12.3. The highest BCUT2D eigenvalue weighted by Gasteiger charge is 2.22. The summed E-state index contributed by atoms with van der Waals surface area (Å²) in [6.45, 7) is 7.44. The Kier molecular flexibility index (Phi) is 4.46. The number of piperazine rings is 1. The number of hydrogen-bond donors (Lipinski definition) is 1. The van der Waals surface area contributed by atoms with E-state index >= 15 is 0 Å². The Morgan fingerprint density at radius 2 is 1.87 bits per heavy atom. The van der Waals surface area contributed by atoms with E-state index in [1.54, 1.807) is 12.4 Å². The van der Waals surface area contributed by atoms with E-state index in [0.717, 1.165) is 31.9 Å². The molecule has 5 heteroatoms. The first-order chi connectivity index (χ1) is 11.1. The number of urea groups is 1. The molecule has 3 rings (SSSR count). The van der Waals surface area contributed by atoms with Crippen LogP contribution in [0.4, 0.5) is 16.2 Å². The molecular weight excluding hydrogens is 288 g/mol. The van der Waals surface area contributed by atoms with Gasteiger partial charge in [0.15, 0.2) is 0 Å². The maximum Gasteiger partial charge on any atom is 0.322 e. The molecule has 1 aromatic heterocycles. The summed E-state index contributed by atoms with van der Waals surface area (Å²) >= 11 is 0. The van der Waals surface area contributed by atoms with Crippen LogP contribution in [0.1, 0.15) is 11.1 Å². The number of aromatic nitrogens is 1. The second-order valence-electron chi connectivity index (χ2n) is 5.86. The van der Waals surface area contributed by atoms with Crippen LogP contribution in [0.25, 0.3) is 0 Å². The minimum absolute atomic E-state index is 0.0568. The van der Waals surface area contributed by atoms with Crippen LogP contribution in [0.5, 0.6) is 0 Å². The number of rotatable bonds is 2. The Balaban J connectivity index is 1.60.